The van der Waals surface area contributed by atoms with E-state index >= 15 is 0 Å². The lowest BCUT2D eigenvalue weighted by Crippen LogP contribution is -2.35. The molecule has 0 saturated carbocycles. The van der Waals surface area contributed by atoms with Crippen molar-refractivity contribution in [3.63, 3.8) is 0 Å². The molecule has 1 saturated heterocycles. The molecule has 6 nitrogen and oxygen atoms in total. The molecule has 0 aromatic rings. The maximum Gasteiger partial charge on any atom is 0.317 e. The topological polar surface area (TPSA) is 65.0 Å². The number of amides is 2. The molecule has 2 amide bonds. The highest BCUT2D eigenvalue weighted by atomic mass is 16.2. The van der Waals surface area contributed by atoms with Crippen molar-refractivity contribution in [3.05, 3.63) is 12.3 Å². The second kappa shape index (κ2) is 6.60. The van der Waals surface area contributed by atoms with E-state index in [-0.39, 0.29) is 6.03 Å². The van der Waals surface area contributed by atoms with E-state index < -0.39 is 0 Å². The van der Waals surface area contributed by atoms with E-state index in [0.29, 0.717) is 19.4 Å². The number of likely N-dealkylation sites (N-methyl/N-ethyl adjacent to an activating group) is 1. The van der Waals surface area contributed by atoms with Gasteiger partial charge < -0.3 is 15.1 Å². The Balaban J connectivity index is 2.21. The lowest BCUT2D eigenvalue weighted by Gasteiger charge is -2.18. The molecule has 1 rings (SSSR count). The largest absolute Gasteiger partial charge is 0.364 e. The predicted molar refractivity (Wildman–Crippen MR) is 61.3 cm³/mol. The van der Waals surface area contributed by atoms with Gasteiger partial charge in [0.05, 0.1) is 6.34 Å². The molecular weight excluding hydrogens is 208 g/mol. The van der Waals surface area contributed by atoms with Gasteiger partial charge in [-0.2, -0.15) is 0 Å². The third-order valence-corrected chi connectivity index (χ3v) is 2.18. The molecule has 0 aliphatic carbocycles. The summed E-state index contributed by atoms with van der Waals surface area (Å²) in [6.07, 6.45) is 5.03. The summed E-state index contributed by atoms with van der Waals surface area (Å²) < 4.78 is 0. The van der Waals surface area contributed by atoms with Crippen LogP contribution in [0.25, 0.3) is 0 Å². The fourth-order valence-electron chi connectivity index (χ4n) is 1.30. The first-order valence-electron chi connectivity index (χ1n) is 5.10. The standard InChI is InChI=1S/C10H16N4O2/c1-13(9-11-3-2-8-15)6-7-14-5-4-12-10(14)16/h2-3,8-9H,4-7H2,1H3,(H,12,16)/b3-2-,11-9?. The zero-order valence-corrected chi connectivity index (χ0v) is 9.30. The van der Waals surface area contributed by atoms with Crippen molar-refractivity contribution < 1.29 is 9.59 Å². The molecule has 0 unspecified atom stereocenters. The Morgan fingerprint density at radius 3 is 3.06 bits per heavy atom. The number of hydrogen-bond acceptors (Lipinski definition) is 3. The molecule has 1 N–H and O–H groups in total. The van der Waals surface area contributed by atoms with Crippen molar-refractivity contribution in [2.75, 3.05) is 33.2 Å². The highest BCUT2D eigenvalue weighted by Gasteiger charge is 2.18. The first-order valence-corrected chi connectivity index (χ1v) is 5.10. The molecule has 1 heterocycles. The first-order chi connectivity index (χ1) is 7.74. The number of carbonyl (C=O) groups excluding carboxylic acids is 2. The van der Waals surface area contributed by atoms with E-state index in [0.717, 1.165) is 13.1 Å². The van der Waals surface area contributed by atoms with Gasteiger partial charge in [0.15, 0.2) is 0 Å². The molecule has 1 aliphatic rings. The van der Waals surface area contributed by atoms with Crippen molar-refractivity contribution in [1.29, 1.82) is 0 Å². The van der Waals surface area contributed by atoms with Crippen molar-refractivity contribution in [3.8, 4) is 0 Å². The van der Waals surface area contributed by atoms with Crippen LogP contribution in [0.3, 0.4) is 0 Å². The Hall–Kier alpha value is -1.85. The number of carbonyl (C=O) groups is 2. The number of hydrogen-bond donors (Lipinski definition) is 1. The van der Waals surface area contributed by atoms with Crippen LogP contribution in [0.15, 0.2) is 17.3 Å². The molecule has 0 bridgehead atoms. The van der Waals surface area contributed by atoms with Gasteiger partial charge in [0.1, 0.15) is 6.29 Å². The van der Waals surface area contributed by atoms with Crippen LogP contribution in [0.2, 0.25) is 0 Å². The lowest BCUT2D eigenvalue weighted by atomic mass is 10.5. The fourth-order valence-corrected chi connectivity index (χ4v) is 1.30. The summed E-state index contributed by atoms with van der Waals surface area (Å²) >= 11 is 0. The molecule has 0 aromatic heterocycles. The first kappa shape index (κ1) is 12.2. The van der Waals surface area contributed by atoms with Gasteiger partial charge in [-0.1, -0.05) is 0 Å². The second-order valence-corrected chi connectivity index (χ2v) is 3.44. The molecule has 6 heteroatoms. The third-order valence-electron chi connectivity index (χ3n) is 2.18. The summed E-state index contributed by atoms with van der Waals surface area (Å²) in [5.41, 5.74) is 0. The van der Waals surface area contributed by atoms with Crippen LogP contribution in [-0.2, 0) is 4.79 Å². The monoisotopic (exact) mass is 224 g/mol. The van der Waals surface area contributed by atoms with Gasteiger partial charge in [0, 0.05) is 39.4 Å². The fraction of sp³-hybridized carbons (Fsp3) is 0.500. The summed E-state index contributed by atoms with van der Waals surface area (Å²) in [5, 5.41) is 2.74. The minimum atomic E-state index is -0.00816. The molecular formula is C10H16N4O2. The number of urea groups is 1. The van der Waals surface area contributed by atoms with Gasteiger partial charge in [-0.05, 0) is 6.08 Å². The van der Waals surface area contributed by atoms with Crippen molar-refractivity contribution in [2.24, 2.45) is 4.99 Å². The molecule has 1 fully saturated rings. The summed E-state index contributed by atoms with van der Waals surface area (Å²) in [6, 6.07) is -0.00816. The zero-order valence-electron chi connectivity index (χ0n) is 9.30. The van der Waals surface area contributed by atoms with Gasteiger partial charge in [-0.3, -0.25) is 4.79 Å². The third kappa shape index (κ3) is 4.12. The molecule has 0 spiro atoms. The summed E-state index contributed by atoms with van der Waals surface area (Å²) in [5.74, 6) is 0. The smallest absolute Gasteiger partial charge is 0.317 e. The quantitative estimate of drug-likeness (QED) is 0.291. The normalized spacial score (nSPS) is 16.1. The average Bonchev–Trinajstić information content (AvgIpc) is 2.67. The molecule has 0 aromatic carbocycles. The van der Waals surface area contributed by atoms with Gasteiger partial charge in [0.2, 0.25) is 0 Å². The number of nitrogens with zero attached hydrogens (tertiary/aromatic N) is 3. The summed E-state index contributed by atoms with van der Waals surface area (Å²) in [6.45, 7) is 2.87. The SMILES string of the molecule is CN(C=N/C=C\C=O)CCN1CCNC1=O. The van der Waals surface area contributed by atoms with Crippen LogP contribution in [0.4, 0.5) is 4.79 Å². The van der Waals surface area contributed by atoms with E-state index in [4.69, 9.17) is 0 Å². The van der Waals surface area contributed by atoms with Gasteiger partial charge in [-0.15, -0.1) is 0 Å². The van der Waals surface area contributed by atoms with E-state index in [2.05, 4.69) is 10.3 Å². The highest BCUT2D eigenvalue weighted by Crippen LogP contribution is 1.95. The lowest BCUT2D eigenvalue weighted by molar-refractivity contribution is -0.104. The van der Waals surface area contributed by atoms with Crippen molar-refractivity contribution >= 4 is 18.7 Å². The van der Waals surface area contributed by atoms with Gasteiger partial charge in [0.25, 0.3) is 0 Å². The van der Waals surface area contributed by atoms with Crippen LogP contribution >= 0.6 is 0 Å². The second-order valence-electron chi connectivity index (χ2n) is 3.44. The predicted octanol–water partition coefficient (Wildman–Crippen LogP) is -0.316. The van der Waals surface area contributed by atoms with Gasteiger partial charge in [-0.25, -0.2) is 9.79 Å². The number of rotatable bonds is 6. The minimum absolute atomic E-state index is 0.00816. The van der Waals surface area contributed by atoms with Crippen LogP contribution in [0, 0.1) is 0 Å². The number of aliphatic imine (C=N–C) groups is 1. The van der Waals surface area contributed by atoms with Crippen molar-refractivity contribution in [1.82, 2.24) is 15.1 Å². The van der Waals surface area contributed by atoms with Crippen LogP contribution in [0.1, 0.15) is 0 Å². The molecule has 1 aliphatic heterocycles. The Bertz CT molecular complexity index is 301. The van der Waals surface area contributed by atoms with E-state index in [1.54, 1.807) is 11.2 Å². The van der Waals surface area contributed by atoms with Crippen LogP contribution < -0.4 is 5.32 Å². The molecule has 0 radical (unpaired) electrons. The van der Waals surface area contributed by atoms with Gasteiger partial charge >= 0.3 is 6.03 Å². The summed E-state index contributed by atoms with van der Waals surface area (Å²) in [7, 11) is 1.87. The average molecular weight is 224 g/mol. The van der Waals surface area contributed by atoms with E-state index in [1.165, 1.54) is 12.3 Å². The van der Waals surface area contributed by atoms with E-state index in [1.807, 2.05) is 11.9 Å². The van der Waals surface area contributed by atoms with Crippen LogP contribution in [-0.4, -0.2) is 61.7 Å². The maximum atomic E-state index is 11.2. The number of allylic oxidation sites excluding steroid dienone is 1. The number of aldehydes is 1. The Kier molecular flexibility index (Phi) is 5.04. The zero-order chi connectivity index (χ0) is 11.8. The minimum Gasteiger partial charge on any atom is -0.364 e. The van der Waals surface area contributed by atoms with E-state index in [9.17, 15) is 9.59 Å². The summed E-state index contributed by atoms with van der Waals surface area (Å²) in [4.78, 5) is 28.7. The maximum absolute atomic E-state index is 11.2. The molecule has 88 valence electrons. The Labute approximate surface area is 94.6 Å². The number of nitrogens with one attached hydrogen (secondary N) is 1. The van der Waals surface area contributed by atoms with Crippen molar-refractivity contribution in [2.45, 2.75) is 0 Å². The Morgan fingerprint density at radius 2 is 2.44 bits per heavy atom. The highest BCUT2D eigenvalue weighted by molar-refractivity contribution is 5.76. The Morgan fingerprint density at radius 1 is 1.62 bits per heavy atom. The molecule has 0 atom stereocenters. The van der Waals surface area contributed by atoms with Crippen LogP contribution in [0.5, 0.6) is 0 Å². The molecule has 16 heavy (non-hydrogen) atoms.